The summed E-state index contributed by atoms with van der Waals surface area (Å²) in [7, 11) is 0. The lowest BCUT2D eigenvalue weighted by Crippen LogP contribution is -2.42. The molecule has 0 amide bonds. The molecule has 4 nitrogen and oxygen atoms in total. The molecule has 0 aliphatic carbocycles. The van der Waals surface area contributed by atoms with Crippen LogP contribution in [0.2, 0.25) is 0 Å². The highest BCUT2D eigenvalue weighted by atomic mass is 32.2. The first-order chi connectivity index (χ1) is 13.2. The van der Waals surface area contributed by atoms with Crippen molar-refractivity contribution in [1.29, 1.82) is 0 Å². The van der Waals surface area contributed by atoms with Gasteiger partial charge in [-0.05, 0) is 34.8 Å². The first-order valence-corrected chi connectivity index (χ1v) is 10.6. The second kappa shape index (κ2) is 8.13. The maximum Gasteiger partial charge on any atom is 0.198 e. The second-order valence-electron chi connectivity index (χ2n) is 6.81. The third kappa shape index (κ3) is 4.16. The van der Waals surface area contributed by atoms with Gasteiger partial charge in [0.15, 0.2) is 11.5 Å². The van der Waals surface area contributed by atoms with Gasteiger partial charge in [-0.25, -0.2) is 0 Å². The van der Waals surface area contributed by atoms with Crippen molar-refractivity contribution in [2.24, 2.45) is 0 Å². The molecule has 0 saturated carbocycles. The number of para-hydroxylation sites is 1. The van der Waals surface area contributed by atoms with Gasteiger partial charge in [-0.2, -0.15) is 0 Å². The Morgan fingerprint density at radius 1 is 1.11 bits per heavy atom. The van der Waals surface area contributed by atoms with Crippen molar-refractivity contribution in [3.63, 3.8) is 0 Å². The molecule has 0 spiro atoms. The molecule has 0 saturated heterocycles. The van der Waals surface area contributed by atoms with E-state index in [-0.39, 0.29) is 17.6 Å². The molecular formula is C22H22N2O2S. The zero-order valence-electron chi connectivity index (χ0n) is 15.0. The van der Waals surface area contributed by atoms with Gasteiger partial charge in [-0.15, -0.1) is 0 Å². The maximum absolute atomic E-state index is 12.7. The Hall–Kier alpha value is -2.34. The van der Waals surface area contributed by atoms with Gasteiger partial charge in [-0.1, -0.05) is 54.6 Å². The molecule has 5 heteroatoms. The SMILES string of the molecule is O=C(C[S+]([O-])Cc1c[nH]c2ccccc12)C1CC(c2ccccc2)=CCN1. The summed E-state index contributed by atoms with van der Waals surface area (Å²) in [5.74, 6) is 0.498. The standard InChI is InChI=1S/C22H22N2O2S/c25-22(21-12-17(10-11-23-21)16-6-2-1-3-7-16)15-27(26)14-18-13-24-20-9-5-4-8-19(18)20/h1-10,13,21,23-24H,11-12,14-15H2. The molecule has 27 heavy (non-hydrogen) atoms. The van der Waals surface area contributed by atoms with Crippen LogP contribution in [0.4, 0.5) is 0 Å². The highest BCUT2D eigenvalue weighted by Gasteiger charge is 2.26. The number of nitrogens with one attached hydrogen (secondary N) is 2. The number of ketones is 1. The minimum absolute atomic E-state index is 0.0229. The molecule has 1 aliphatic heterocycles. The molecule has 2 N–H and O–H groups in total. The van der Waals surface area contributed by atoms with Crippen molar-refractivity contribution in [2.45, 2.75) is 18.2 Å². The van der Waals surface area contributed by atoms with Gasteiger partial charge < -0.3 is 14.9 Å². The number of rotatable bonds is 6. The molecule has 0 fully saturated rings. The van der Waals surface area contributed by atoms with E-state index >= 15 is 0 Å². The first-order valence-electron chi connectivity index (χ1n) is 9.11. The Bertz CT molecular complexity index is 965. The fraction of sp³-hybridized carbons (Fsp3) is 0.227. The topological polar surface area (TPSA) is 67.9 Å². The Kier molecular flexibility index (Phi) is 5.43. The number of Topliss-reactive ketones (excluding diaryl/α,β-unsaturated/α-hetero) is 1. The second-order valence-corrected chi connectivity index (χ2v) is 8.27. The van der Waals surface area contributed by atoms with Crippen LogP contribution in [0.25, 0.3) is 16.5 Å². The number of carbonyl (C=O) groups is 1. The molecular weight excluding hydrogens is 356 g/mol. The van der Waals surface area contributed by atoms with Crippen molar-refractivity contribution in [2.75, 3.05) is 12.3 Å². The van der Waals surface area contributed by atoms with Gasteiger partial charge in [0.2, 0.25) is 0 Å². The third-order valence-electron chi connectivity index (χ3n) is 4.96. The first kappa shape index (κ1) is 18.0. The average Bonchev–Trinajstić information content (AvgIpc) is 3.11. The molecule has 2 heterocycles. The van der Waals surface area contributed by atoms with E-state index in [2.05, 4.69) is 28.5 Å². The summed E-state index contributed by atoms with van der Waals surface area (Å²) < 4.78 is 12.6. The number of H-pyrrole nitrogens is 1. The van der Waals surface area contributed by atoms with E-state index in [4.69, 9.17) is 0 Å². The van der Waals surface area contributed by atoms with Crippen LogP contribution in [0.15, 0.2) is 66.9 Å². The van der Waals surface area contributed by atoms with Gasteiger partial charge in [0.1, 0.15) is 5.75 Å². The van der Waals surface area contributed by atoms with Crippen LogP contribution < -0.4 is 5.32 Å². The smallest absolute Gasteiger partial charge is 0.198 e. The number of hydrogen-bond acceptors (Lipinski definition) is 3. The van der Waals surface area contributed by atoms with E-state index in [1.165, 1.54) is 5.57 Å². The molecule has 138 valence electrons. The summed E-state index contributed by atoms with van der Waals surface area (Å²) in [6, 6.07) is 17.8. The average molecular weight is 378 g/mol. The Morgan fingerprint density at radius 2 is 1.89 bits per heavy atom. The number of aromatic amines is 1. The quantitative estimate of drug-likeness (QED) is 0.646. The Balaban J connectivity index is 1.38. The molecule has 0 bridgehead atoms. The maximum atomic E-state index is 12.7. The third-order valence-corrected chi connectivity index (χ3v) is 6.20. The van der Waals surface area contributed by atoms with Crippen LogP contribution in [-0.4, -0.2) is 33.7 Å². The van der Waals surface area contributed by atoms with Crippen molar-refractivity contribution in [3.05, 3.63) is 78.0 Å². The fourth-order valence-electron chi connectivity index (χ4n) is 3.55. The molecule has 1 aliphatic rings. The zero-order chi connectivity index (χ0) is 18.6. The summed E-state index contributed by atoms with van der Waals surface area (Å²) in [4.78, 5) is 15.9. The monoisotopic (exact) mass is 378 g/mol. The largest absolute Gasteiger partial charge is 0.616 e. The van der Waals surface area contributed by atoms with E-state index < -0.39 is 11.2 Å². The van der Waals surface area contributed by atoms with Crippen LogP contribution in [0, 0.1) is 0 Å². The molecule has 3 aromatic rings. The summed E-state index contributed by atoms with van der Waals surface area (Å²) in [6.45, 7) is 0.662. The molecule has 2 atom stereocenters. The summed E-state index contributed by atoms with van der Waals surface area (Å²) in [5.41, 5.74) is 4.35. The number of aromatic nitrogens is 1. The molecule has 0 radical (unpaired) electrons. The summed E-state index contributed by atoms with van der Waals surface area (Å²) >= 11 is -1.22. The minimum atomic E-state index is -1.22. The lowest BCUT2D eigenvalue weighted by Gasteiger charge is -2.24. The number of fused-ring (bicyclic) bond motifs is 1. The minimum Gasteiger partial charge on any atom is -0.616 e. The number of hydrogen-bond donors (Lipinski definition) is 2. The predicted molar refractivity (Wildman–Crippen MR) is 111 cm³/mol. The summed E-state index contributed by atoms with van der Waals surface area (Å²) in [5, 5.41) is 4.32. The van der Waals surface area contributed by atoms with Gasteiger partial charge in [-0.3, -0.25) is 4.79 Å². The molecule has 4 rings (SSSR count). The van der Waals surface area contributed by atoms with Crippen LogP contribution in [0.5, 0.6) is 0 Å². The molecule has 2 aromatic carbocycles. The van der Waals surface area contributed by atoms with Crippen molar-refractivity contribution >= 4 is 33.4 Å². The van der Waals surface area contributed by atoms with Crippen LogP contribution >= 0.6 is 0 Å². The van der Waals surface area contributed by atoms with E-state index in [1.54, 1.807) is 0 Å². The van der Waals surface area contributed by atoms with Gasteiger partial charge in [0.25, 0.3) is 0 Å². The normalized spacial score (nSPS) is 18.3. The Morgan fingerprint density at radius 3 is 2.74 bits per heavy atom. The molecule has 1 aromatic heterocycles. The highest BCUT2D eigenvalue weighted by molar-refractivity contribution is 7.91. The van der Waals surface area contributed by atoms with E-state index in [0.29, 0.717) is 18.7 Å². The highest BCUT2D eigenvalue weighted by Crippen LogP contribution is 2.24. The number of carbonyl (C=O) groups excluding carboxylic acids is 1. The van der Waals surface area contributed by atoms with Gasteiger partial charge in [0.05, 0.1) is 6.04 Å². The van der Waals surface area contributed by atoms with Crippen molar-refractivity contribution in [1.82, 2.24) is 10.3 Å². The van der Waals surface area contributed by atoms with Gasteiger partial charge in [0, 0.05) is 29.2 Å². The number of benzene rings is 2. The van der Waals surface area contributed by atoms with E-state index in [9.17, 15) is 9.35 Å². The summed E-state index contributed by atoms with van der Waals surface area (Å²) in [6.07, 6.45) is 4.66. The lowest BCUT2D eigenvalue weighted by atomic mass is 9.94. The zero-order valence-corrected chi connectivity index (χ0v) is 15.8. The van der Waals surface area contributed by atoms with Crippen LogP contribution in [0.3, 0.4) is 0 Å². The predicted octanol–water partition coefficient (Wildman–Crippen LogP) is 3.43. The van der Waals surface area contributed by atoms with Gasteiger partial charge >= 0.3 is 0 Å². The Labute approximate surface area is 161 Å². The van der Waals surface area contributed by atoms with Crippen molar-refractivity contribution in [3.8, 4) is 0 Å². The molecule has 2 unspecified atom stereocenters. The van der Waals surface area contributed by atoms with Crippen LogP contribution in [0.1, 0.15) is 17.5 Å². The van der Waals surface area contributed by atoms with E-state index in [0.717, 1.165) is 22.0 Å². The van der Waals surface area contributed by atoms with E-state index in [1.807, 2.05) is 48.7 Å². The van der Waals surface area contributed by atoms with Crippen LogP contribution in [-0.2, 0) is 21.7 Å². The van der Waals surface area contributed by atoms with Crippen molar-refractivity contribution < 1.29 is 9.35 Å². The fourth-order valence-corrected chi connectivity index (χ4v) is 4.76. The lowest BCUT2D eigenvalue weighted by molar-refractivity contribution is -0.118.